The van der Waals surface area contributed by atoms with Crippen LogP contribution in [0.1, 0.15) is 17.0 Å². The van der Waals surface area contributed by atoms with Gasteiger partial charge < -0.3 is 19.7 Å². The number of carbonyl (C=O) groups excluding carboxylic acids is 1. The molecule has 0 radical (unpaired) electrons. The van der Waals surface area contributed by atoms with Crippen molar-refractivity contribution in [2.75, 3.05) is 26.8 Å². The van der Waals surface area contributed by atoms with Crippen LogP contribution in [-0.4, -0.2) is 58.7 Å². The number of amides is 1. The van der Waals surface area contributed by atoms with E-state index in [1.807, 2.05) is 0 Å². The van der Waals surface area contributed by atoms with E-state index in [2.05, 4.69) is 9.97 Å². The number of aromatic nitrogens is 2. The van der Waals surface area contributed by atoms with Gasteiger partial charge in [0.15, 0.2) is 0 Å². The fourth-order valence-corrected chi connectivity index (χ4v) is 1.94. The normalized spacial score (nSPS) is 10.4. The van der Waals surface area contributed by atoms with Gasteiger partial charge in [-0.05, 0) is 13.8 Å². The minimum Gasteiger partial charge on any atom is -0.480 e. The fraction of sp³-hybridized carbons (Fsp3) is 0.538. The number of rotatable bonds is 7. The van der Waals surface area contributed by atoms with Crippen LogP contribution in [0.5, 0.6) is 0 Å². The third-order valence-electron chi connectivity index (χ3n) is 3.03. The van der Waals surface area contributed by atoms with Gasteiger partial charge in [0.2, 0.25) is 5.91 Å². The van der Waals surface area contributed by atoms with E-state index in [1.165, 1.54) is 12.0 Å². The molecule has 0 saturated carbocycles. The number of hydrogen-bond donors (Lipinski definition) is 2. The van der Waals surface area contributed by atoms with Crippen molar-refractivity contribution in [3.8, 4) is 0 Å². The number of carbonyl (C=O) groups is 2. The molecule has 21 heavy (non-hydrogen) atoms. The predicted molar refractivity (Wildman–Crippen MR) is 74.1 cm³/mol. The van der Waals surface area contributed by atoms with Crippen molar-refractivity contribution < 1.29 is 19.4 Å². The van der Waals surface area contributed by atoms with Crippen molar-refractivity contribution >= 4 is 11.9 Å². The Hall–Kier alpha value is -2.22. The molecule has 0 saturated heterocycles. The molecule has 116 valence electrons. The number of H-pyrrole nitrogens is 1. The Morgan fingerprint density at radius 3 is 2.57 bits per heavy atom. The summed E-state index contributed by atoms with van der Waals surface area (Å²) in [5.41, 5.74) is 1.16. The number of ether oxygens (including phenoxy) is 1. The molecular weight excluding hydrogens is 278 g/mol. The van der Waals surface area contributed by atoms with Crippen LogP contribution in [0, 0.1) is 13.8 Å². The van der Waals surface area contributed by atoms with Gasteiger partial charge >= 0.3 is 11.7 Å². The zero-order valence-electron chi connectivity index (χ0n) is 12.3. The monoisotopic (exact) mass is 297 g/mol. The van der Waals surface area contributed by atoms with Crippen molar-refractivity contribution in [1.29, 1.82) is 0 Å². The van der Waals surface area contributed by atoms with E-state index in [4.69, 9.17) is 9.84 Å². The average molecular weight is 297 g/mol. The molecule has 1 amide bonds. The number of hydrogen-bond acceptors (Lipinski definition) is 5. The lowest BCUT2D eigenvalue weighted by atomic mass is 10.1. The molecular formula is C13H19N3O5. The number of methoxy groups -OCH3 is 1. The summed E-state index contributed by atoms with van der Waals surface area (Å²) in [5, 5.41) is 8.85. The van der Waals surface area contributed by atoms with Gasteiger partial charge in [0.05, 0.1) is 13.0 Å². The standard InChI is InChI=1S/C13H19N3O5/c1-8-10(9(2)15-13(20)14-8)6-11(17)16(4-5-21-3)7-12(18)19/h4-7H2,1-3H3,(H,18,19)(H,14,15,20). The first kappa shape index (κ1) is 16.8. The maximum atomic E-state index is 12.2. The van der Waals surface area contributed by atoms with Gasteiger partial charge in [0.25, 0.3) is 0 Å². The number of aliphatic carboxylic acids is 1. The number of aryl methyl sites for hydroxylation is 2. The summed E-state index contributed by atoms with van der Waals surface area (Å²) < 4.78 is 4.87. The van der Waals surface area contributed by atoms with E-state index < -0.39 is 18.2 Å². The zero-order valence-corrected chi connectivity index (χ0v) is 12.3. The van der Waals surface area contributed by atoms with Crippen LogP contribution in [0.2, 0.25) is 0 Å². The third-order valence-corrected chi connectivity index (χ3v) is 3.03. The van der Waals surface area contributed by atoms with Crippen LogP contribution < -0.4 is 5.69 Å². The van der Waals surface area contributed by atoms with Crippen molar-refractivity contribution in [1.82, 2.24) is 14.9 Å². The van der Waals surface area contributed by atoms with E-state index in [0.29, 0.717) is 17.0 Å². The first-order valence-electron chi connectivity index (χ1n) is 6.40. The smallest absolute Gasteiger partial charge is 0.345 e. The highest BCUT2D eigenvalue weighted by Gasteiger charge is 2.19. The summed E-state index contributed by atoms with van der Waals surface area (Å²) in [7, 11) is 1.48. The lowest BCUT2D eigenvalue weighted by Gasteiger charge is -2.21. The minimum atomic E-state index is -1.09. The summed E-state index contributed by atoms with van der Waals surface area (Å²) in [6.07, 6.45) is -0.0154. The lowest BCUT2D eigenvalue weighted by molar-refractivity contribution is -0.144. The number of carboxylic acids is 1. The van der Waals surface area contributed by atoms with Gasteiger partial charge in [0.1, 0.15) is 6.54 Å². The van der Waals surface area contributed by atoms with Gasteiger partial charge in [-0.15, -0.1) is 0 Å². The largest absolute Gasteiger partial charge is 0.480 e. The first-order chi connectivity index (χ1) is 9.85. The van der Waals surface area contributed by atoms with Gasteiger partial charge in [-0.3, -0.25) is 9.59 Å². The Bertz CT molecular complexity index is 555. The Balaban J connectivity index is 2.90. The zero-order chi connectivity index (χ0) is 16.0. The molecule has 0 bridgehead atoms. The topological polar surface area (TPSA) is 113 Å². The second-order valence-corrected chi connectivity index (χ2v) is 4.61. The number of aromatic amines is 1. The maximum absolute atomic E-state index is 12.2. The molecule has 0 fully saturated rings. The van der Waals surface area contributed by atoms with E-state index in [0.717, 1.165) is 0 Å². The number of nitrogens with zero attached hydrogens (tertiary/aromatic N) is 2. The van der Waals surface area contributed by atoms with Crippen LogP contribution >= 0.6 is 0 Å². The molecule has 1 heterocycles. The fourth-order valence-electron chi connectivity index (χ4n) is 1.94. The summed E-state index contributed by atoms with van der Waals surface area (Å²) in [6, 6.07) is 0. The number of carboxylic acid groups (broad SMARTS) is 1. The van der Waals surface area contributed by atoms with Gasteiger partial charge in [-0.2, -0.15) is 4.98 Å². The quantitative estimate of drug-likeness (QED) is 0.701. The van der Waals surface area contributed by atoms with Crippen LogP contribution in [0.4, 0.5) is 0 Å². The van der Waals surface area contributed by atoms with Gasteiger partial charge in [0, 0.05) is 30.6 Å². The van der Waals surface area contributed by atoms with Crippen molar-refractivity contribution in [2.45, 2.75) is 20.3 Å². The Labute approximate surface area is 121 Å². The molecule has 0 aliphatic carbocycles. The maximum Gasteiger partial charge on any atom is 0.345 e. The van der Waals surface area contributed by atoms with Gasteiger partial charge in [-0.25, -0.2) is 4.79 Å². The predicted octanol–water partition coefficient (Wildman–Crippen LogP) is -0.511. The van der Waals surface area contributed by atoms with Crippen molar-refractivity contribution in [3.05, 3.63) is 27.4 Å². The number of nitrogens with one attached hydrogen (secondary N) is 1. The van der Waals surface area contributed by atoms with Crippen LogP contribution in [0.25, 0.3) is 0 Å². The molecule has 8 nitrogen and oxygen atoms in total. The van der Waals surface area contributed by atoms with Crippen LogP contribution in [-0.2, 0) is 20.7 Å². The lowest BCUT2D eigenvalue weighted by Crippen LogP contribution is -2.39. The van der Waals surface area contributed by atoms with E-state index in [1.54, 1.807) is 13.8 Å². The second kappa shape index (κ2) is 7.53. The minimum absolute atomic E-state index is 0.0154. The van der Waals surface area contributed by atoms with Crippen molar-refractivity contribution in [3.63, 3.8) is 0 Å². The highest BCUT2D eigenvalue weighted by atomic mass is 16.5. The molecule has 0 unspecified atom stereocenters. The molecule has 0 aromatic carbocycles. The molecule has 0 aliphatic rings. The molecule has 1 aromatic heterocycles. The first-order valence-corrected chi connectivity index (χ1v) is 6.40. The molecule has 1 rings (SSSR count). The highest BCUT2D eigenvalue weighted by molar-refractivity contribution is 5.83. The van der Waals surface area contributed by atoms with Crippen molar-refractivity contribution in [2.24, 2.45) is 0 Å². The molecule has 2 N–H and O–H groups in total. The van der Waals surface area contributed by atoms with E-state index in [-0.39, 0.29) is 25.5 Å². The highest BCUT2D eigenvalue weighted by Crippen LogP contribution is 2.09. The summed E-state index contributed by atoms with van der Waals surface area (Å²) in [5.74, 6) is -1.44. The molecule has 8 heteroatoms. The molecule has 0 atom stereocenters. The third kappa shape index (κ3) is 4.99. The Morgan fingerprint density at radius 1 is 1.38 bits per heavy atom. The Morgan fingerprint density at radius 2 is 2.05 bits per heavy atom. The second-order valence-electron chi connectivity index (χ2n) is 4.61. The molecule has 0 spiro atoms. The summed E-state index contributed by atoms with van der Waals surface area (Å²) in [4.78, 5) is 41.7. The SMILES string of the molecule is COCCN(CC(=O)O)C(=O)Cc1c(C)nc(=O)[nH]c1C. The summed E-state index contributed by atoms with van der Waals surface area (Å²) in [6.45, 7) is 3.37. The molecule has 0 aliphatic heterocycles. The van der Waals surface area contributed by atoms with Crippen LogP contribution in [0.3, 0.4) is 0 Å². The summed E-state index contributed by atoms with van der Waals surface area (Å²) >= 11 is 0. The van der Waals surface area contributed by atoms with Crippen LogP contribution in [0.15, 0.2) is 4.79 Å². The van der Waals surface area contributed by atoms with Gasteiger partial charge in [-0.1, -0.05) is 0 Å². The van der Waals surface area contributed by atoms with E-state index in [9.17, 15) is 14.4 Å². The Kier molecular flexibility index (Phi) is 6.04. The molecule has 1 aromatic rings. The van der Waals surface area contributed by atoms with E-state index >= 15 is 0 Å². The average Bonchev–Trinajstić information content (AvgIpc) is 2.38.